The number of aromatic amines is 1. The molecule has 0 aliphatic carbocycles. The number of aromatic nitrogens is 4. The van der Waals surface area contributed by atoms with Gasteiger partial charge in [0.05, 0.1) is 0 Å². The first kappa shape index (κ1) is 7.24. The molecule has 2 heterocycles. The van der Waals surface area contributed by atoms with Gasteiger partial charge in [0.25, 0.3) is 0 Å². The average Bonchev–Trinajstić information content (AvgIpc) is 2.65. The molecule has 4 nitrogen and oxygen atoms in total. The van der Waals surface area contributed by atoms with E-state index in [4.69, 9.17) is 0 Å². The van der Waals surface area contributed by atoms with Gasteiger partial charge in [-0.05, 0) is 0 Å². The standard InChI is InChI=1S/C8H6N4Se/c1-4-9-5-2-3-6-8(7(5)10-4)12-13-11-6/h2-3,11H,1H3. The van der Waals surface area contributed by atoms with Crippen molar-refractivity contribution in [3.63, 3.8) is 0 Å². The number of imidazole rings is 1. The molecule has 0 amide bonds. The topological polar surface area (TPSA) is 54.5 Å². The number of H-pyrrole nitrogens is 1. The van der Waals surface area contributed by atoms with Crippen molar-refractivity contribution in [3.8, 4) is 0 Å². The Bertz CT molecular complexity index is 580. The minimum atomic E-state index is 0.142. The second kappa shape index (κ2) is 2.40. The van der Waals surface area contributed by atoms with Crippen LogP contribution in [0, 0.1) is 6.92 Å². The monoisotopic (exact) mass is 238 g/mol. The molecule has 0 bridgehead atoms. The van der Waals surface area contributed by atoms with Gasteiger partial charge in [-0.1, -0.05) is 0 Å². The third kappa shape index (κ3) is 0.944. The Labute approximate surface area is 80.2 Å². The van der Waals surface area contributed by atoms with E-state index in [1.807, 2.05) is 19.1 Å². The number of hydrogen-bond donors (Lipinski definition) is 1. The van der Waals surface area contributed by atoms with Crippen LogP contribution in [0.15, 0.2) is 12.1 Å². The molecule has 0 atom stereocenters. The molecule has 3 rings (SSSR count). The van der Waals surface area contributed by atoms with Gasteiger partial charge in [0.15, 0.2) is 0 Å². The zero-order valence-corrected chi connectivity index (χ0v) is 8.62. The van der Waals surface area contributed by atoms with E-state index in [2.05, 4.69) is 17.9 Å². The van der Waals surface area contributed by atoms with E-state index in [-0.39, 0.29) is 15.0 Å². The van der Waals surface area contributed by atoms with Gasteiger partial charge in [-0.3, -0.25) is 0 Å². The van der Waals surface area contributed by atoms with Gasteiger partial charge >= 0.3 is 79.8 Å². The van der Waals surface area contributed by atoms with Crippen molar-refractivity contribution in [3.05, 3.63) is 18.0 Å². The predicted molar refractivity (Wildman–Crippen MR) is 50.9 cm³/mol. The van der Waals surface area contributed by atoms with Crippen LogP contribution in [-0.4, -0.2) is 32.9 Å². The van der Waals surface area contributed by atoms with Crippen molar-refractivity contribution in [2.45, 2.75) is 6.92 Å². The van der Waals surface area contributed by atoms with E-state index in [1.54, 1.807) is 0 Å². The molecule has 13 heavy (non-hydrogen) atoms. The molecule has 0 aliphatic rings. The second-order valence-electron chi connectivity index (χ2n) is 2.88. The molecule has 0 saturated heterocycles. The van der Waals surface area contributed by atoms with E-state index in [0.29, 0.717) is 0 Å². The van der Waals surface area contributed by atoms with Gasteiger partial charge in [0, 0.05) is 0 Å². The first-order valence-corrected chi connectivity index (χ1v) is 5.54. The summed E-state index contributed by atoms with van der Waals surface area (Å²) in [5, 5.41) is 0. The predicted octanol–water partition coefficient (Wildman–Crippen LogP) is 0.872. The number of benzene rings is 1. The van der Waals surface area contributed by atoms with Crippen LogP contribution < -0.4 is 0 Å². The van der Waals surface area contributed by atoms with E-state index in [9.17, 15) is 0 Å². The zero-order valence-electron chi connectivity index (χ0n) is 6.90. The van der Waals surface area contributed by atoms with Gasteiger partial charge in [-0.15, -0.1) is 0 Å². The first-order chi connectivity index (χ1) is 6.34. The van der Waals surface area contributed by atoms with Crippen molar-refractivity contribution < 1.29 is 0 Å². The molecule has 0 spiro atoms. The van der Waals surface area contributed by atoms with E-state index < -0.39 is 0 Å². The second-order valence-corrected chi connectivity index (χ2v) is 4.08. The minimum absolute atomic E-state index is 0.142. The first-order valence-electron chi connectivity index (χ1n) is 3.92. The summed E-state index contributed by atoms with van der Waals surface area (Å²) < 4.78 is 7.62. The van der Waals surface area contributed by atoms with Gasteiger partial charge in [-0.2, -0.15) is 0 Å². The van der Waals surface area contributed by atoms with Crippen molar-refractivity contribution in [2.24, 2.45) is 0 Å². The van der Waals surface area contributed by atoms with Crippen LogP contribution in [0.2, 0.25) is 0 Å². The molecular weight excluding hydrogens is 231 g/mol. The van der Waals surface area contributed by atoms with Crippen molar-refractivity contribution in [1.29, 1.82) is 0 Å². The molecule has 0 radical (unpaired) electrons. The van der Waals surface area contributed by atoms with E-state index in [0.717, 1.165) is 27.9 Å². The summed E-state index contributed by atoms with van der Waals surface area (Å²) in [5.41, 5.74) is 3.95. The van der Waals surface area contributed by atoms with Crippen LogP contribution in [0.3, 0.4) is 0 Å². The van der Waals surface area contributed by atoms with Crippen LogP contribution in [-0.2, 0) is 0 Å². The van der Waals surface area contributed by atoms with Crippen molar-refractivity contribution in [1.82, 2.24) is 17.9 Å². The molecule has 5 heteroatoms. The van der Waals surface area contributed by atoms with Crippen LogP contribution in [0.4, 0.5) is 0 Å². The van der Waals surface area contributed by atoms with Crippen LogP contribution in [0.5, 0.6) is 0 Å². The number of aryl methyl sites for hydroxylation is 1. The Kier molecular flexibility index (Phi) is 1.34. The van der Waals surface area contributed by atoms with Crippen LogP contribution in [0.1, 0.15) is 5.82 Å². The fraction of sp³-hybridized carbons (Fsp3) is 0.125. The summed E-state index contributed by atoms with van der Waals surface area (Å²) in [4.78, 5) is 8.65. The van der Waals surface area contributed by atoms with Crippen molar-refractivity contribution in [2.75, 3.05) is 0 Å². The van der Waals surface area contributed by atoms with Gasteiger partial charge in [0.1, 0.15) is 0 Å². The summed E-state index contributed by atoms with van der Waals surface area (Å²) in [7, 11) is 0. The van der Waals surface area contributed by atoms with Crippen molar-refractivity contribution >= 4 is 37.0 Å². The van der Waals surface area contributed by atoms with E-state index >= 15 is 0 Å². The molecule has 0 fully saturated rings. The van der Waals surface area contributed by atoms with Gasteiger partial charge in [-0.25, -0.2) is 0 Å². The van der Waals surface area contributed by atoms with E-state index in [1.165, 1.54) is 0 Å². The Morgan fingerprint density at radius 2 is 2.15 bits per heavy atom. The fourth-order valence-electron chi connectivity index (χ4n) is 1.42. The molecule has 0 unspecified atom stereocenters. The molecule has 0 saturated carbocycles. The third-order valence-electron chi connectivity index (χ3n) is 1.98. The summed E-state index contributed by atoms with van der Waals surface area (Å²) in [6.07, 6.45) is 0. The Morgan fingerprint density at radius 1 is 1.23 bits per heavy atom. The molecule has 1 N–H and O–H groups in total. The molecule has 64 valence electrons. The summed E-state index contributed by atoms with van der Waals surface area (Å²) >= 11 is 0.142. The Hall–Kier alpha value is -1.19. The van der Waals surface area contributed by atoms with Crippen LogP contribution in [0.25, 0.3) is 22.1 Å². The number of rotatable bonds is 0. The number of nitrogens with zero attached hydrogens (tertiary/aromatic N) is 3. The molecule has 1 aromatic carbocycles. The van der Waals surface area contributed by atoms with Gasteiger partial charge in [0.2, 0.25) is 0 Å². The van der Waals surface area contributed by atoms with Crippen LogP contribution >= 0.6 is 0 Å². The SMILES string of the molecule is Cc1nc2ccc3[nH][se]nc3c2n1. The number of fused-ring (bicyclic) bond motifs is 3. The molecular formula is C8H6N4Se. The number of nitrogens with one attached hydrogen (secondary N) is 1. The Morgan fingerprint density at radius 3 is 3.08 bits per heavy atom. The normalized spacial score (nSPS) is 11.5. The Balaban J connectivity index is 2.64. The quantitative estimate of drug-likeness (QED) is 0.590. The summed E-state index contributed by atoms with van der Waals surface area (Å²) in [6.45, 7) is 1.90. The van der Waals surface area contributed by atoms with Gasteiger partial charge < -0.3 is 0 Å². The molecule has 2 aromatic heterocycles. The number of hydrogen-bond acceptors (Lipinski definition) is 3. The zero-order chi connectivity index (χ0) is 8.84. The maximum atomic E-state index is 4.39. The molecule has 0 aliphatic heterocycles. The summed E-state index contributed by atoms with van der Waals surface area (Å²) in [5.74, 6) is 0.818. The summed E-state index contributed by atoms with van der Waals surface area (Å²) in [6, 6.07) is 4.00. The third-order valence-corrected chi connectivity index (χ3v) is 3.21. The fourth-order valence-corrected chi connectivity index (χ4v) is 2.65. The molecule has 3 aromatic rings. The average molecular weight is 237 g/mol. The maximum absolute atomic E-state index is 4.39.